The average molecular weight is 405 g/mol. The fourth-order valence-corrected chi connectivity index (χ4v) is 3.13. The maximum Gasteiger partial charge on any atom is 0.243 e. The zero-order valence-electron chi connectivity index (χ0n) is 17.6. The molecule has 156 valence electrons. The Balaban J connectivity index is 1.47. The van der Waals surface area contributed by atoms with E-state index in [1.807, 2.05) is 60.1 Å². The van der Waals surface area contributed by atoms with Crippen LogP contribution in [0, 0.1) is 6.92 Å². The monoisotopic (exact) mass is 405 g/mol. The highest BCUT2D eigenvalue weighted by Crippen LogP contribution is 2.27. The molecule has 0 saturated carbocycles. The van der Waals surface area contributed by atoms with Crippen LogP contribution in [0.5, 0.6) is 11.5 Å². The van der Waals surface area contributed by atoms with E-state index < -0.39 is 0 Å². The number of carbonyl (C=O) groups is 1. The molecule has 6 heteroatoms. The first-order valence-corrected chi connectivity index (χ1v) is 9.89. The van der Waals surface area contributed by atoms with Crippen LogP contribution >= 0.6 is 0 Å². The molecule has 1 aromatic heterocycles. The molecule has 3 rings (SSSR count). The largest absolute Gasteiger partial charge is 0.493 e. The minimum atomic E-state index is -0.124. The van der Waals surface area contributed by atoms with E-state index in [1.54, 1.807) is 20.3 Å². The molecule has 0 atom stereocenters. The van der Waals surface area contributed by atoms with Crippen LogP contribution < -0.4 is 14.8 Å². The molecule has 2 aromatic carbocycles. The molecule has 0 fully saturated rings. The maximum atomic E-state index is 12.1. The number of ether oxygens (including phenoxy) is 2. The number of amides is 1. The number of hydrogen-bond acceptors (Lipinski definition) is 4. The summed E-state index contributed by atoms with van der Waals surface area (Å²) in [7, 11) is 3.18. The number of carbonyl (C=O) groups excluding carboxylic acids is 1. The molecule has 0 radical (unpaired) electrons. The number of nitrogens with zero attached hydrogens (tertiary/aromatic N) is 2. The predicted octanol–water partition coefficient (Wildman–Crippen LogP) is 3.96. The van der Waals surface area contributed by atoms with E-state index in [4.69, 9.17) is 9.47 Å². The molecule has 6 nitrogen and oxygen atoms in total. The fraction of sp³-hybridized carbons (Fsp3) is 0.250. The van der Waals surface area contributed by atoms with E-state index >= 15 is 0 Å². The molecule has 0 aliphatic carbocycles. The molecule has 0 aliphatic rings. The second-order valence-corrected chi connectivity index (χ2v) is 6.86. The van der Waals surface area contributed by atoms with Gasteiger partial charge >= 0.3 is 0 Å². The summed E-state index contributed by atoms with van der Waals surface area (Å²) in [5.74, 6) is 1.16. The van der Waals surface area contributed by atoms with E-state index in [0.717, 1.165) is 29.8 Å². The molecule has 0 bridgehead atoms. The zero-order chi connectivity index (χ0) is 21.3. The molecule has 1 N–H and O–H groups in total. The van der Waals surface area contributed by atoms with Crippen molar-refractivity contribution in [3.63, 3.8) is 0 Å². The third-order valence-electron chi connectivity index (χ3n) is 4.78. The Morgan fingerprint density at radius 1 is 1.10 bits per heavy atom. The highest BCUT2D eigenvalue weighted by atomic mass is 16.5. The number of aryl methyl sites for hydroxylation is 2. The Labute approximate surface area is 177 Å². The summed E-state index contributed by atoms with van der Waals surface area (Å²) < 4.78 is 12.4. The van der Waals surface area contributed by atoms with Crippen LogP contribution in [0.2, 0.25) is 0 Å². The summed E-state index contributed by atoms with van der Waals surface area (Å²) >= 11 is 0. The van der Waals surface area contributed by atoms with Crippen molar-refractivity contribution in [3.05, 3.63) is 77.6 Å². The van der Waals surface area contributed by atoms with Crippen molar-refractivity contribution in [2.45, 2.75) is 19.8 Å². The van der Waals surface area contributed by atoms with Crippen molar-refractivity contribution in [2.24, 2.45) is 0 Å². The lowest BCUT2D eigenvalue weighted by Crippen LogP contribution is -2.22. The van der Waals surface area contributed by atoms with Gasteiger partial charge in [-0.15, -0.1) is 0 Å². The number of benzene rings is 2. The number of hydrogen-bond donors (Lipinski definition) is 1. The second-order valence-electron chi connectivity index (χ2n) is 6.86. The van der Waals surface area contributed by atoms with Gasteiger partial charge in [-0.05, 0) is 61.2 Å². The minimum absolute atomic E-state index is 0.124. The number of methoxy groups -OCH3 is 2. The van der Waals surface area contributed by atoms with Crippen molar-refractivity contribution in [3.8, 4) is 17.2 Å². The molecule has 0 spiro atoms. The van der Waals surface area contributed by atoms with Crippen molar-refractivity contribution < 1.29 is 14.3 Å². The standard InChI is InChI=1S/C24H27N3O3/c1-18-20(17-27(26-18)21-9-5-4-6-10-21)8-7-15-25-24(28)14-12-19-11-13-22(29-2)23(16-19)30-3/h4-6,9-14,16-17H,7-8,15H2,1-3H3,(H,25,28)/b14-12+. The molecular weight excluding hydrogens is 378 g/mol. The molecule has 1 amide bonds. The molecule has 1 heterocycles. The quantitative estimate of drug-likeness (QED) is 0.432. The molecule has 30 heavy (non-hydrogen) atoms. The number of rotatable bonds is 9. The van der Waals surface area contributed by atoms with E-state index in [0.29, 0.717) is 18.0 Å². The van der Waals surface area contributed by atoms with Gasteiger partial charge in [0.15, 0.2) is 11.5 Å². The Morgan fingerprint density at radius 3 is 2.60 bits per heavy atom. The fourth-order valence-electron chi connectivity index (χ4n) is 3.13. The van der Waals surface area contributed by atoms with E-state index in [2.05, 4.69) is 16.6 Å². The van der Waals surface area contributed by atoms with Gasteiger partial charge in [-0.3, -0.25) is 4.79 Å². The van der Waals surface area contributed by atoms with Gasteiger partial charge in [-0.2, -0.15) is 5.10 Å². The third kappa shape index (κ3) is 5.50. The van der Waals surface area contributed by atoms with Crippen LogP contribution in [0.1, 0.15) is 23.2 Å². The van der Waals surface area contributed by atoms with Gasteiger partial charge in [0, 0.05) is 18.8 Å². The van der Waals surface area contributed by atoms with E-state index in [-0.39, 0.29) is 5.91 Å². The van der Waals surface area contributed by atoms with Gasteiger partial charge in [-0.25, -0.2) is 4.68 Å². The summed E-state index contributed by atoms with van der Waals surface area (Å²) in [6, 6.07) is 15.6. The van der Waals surface area contributed by atoms with Gasteiger partial charge < -0.3 is 14.8 Å². The Kier molecular flexibility index (Phi) is 7.27. The van der Waals surface area contributed by atoms with Gasteiger partial charge in [0.2, 0.25) is 5.91 Å². The van der Waals surface area contributed by atoms with Crippen molar-refractivity contribution in [1.29, 1.82) is 0 Å². The second kappa shape index (κ2) is 10.3. The molecule has 3 aromatic rings. The summed E-state index contributed by atoms with van der Waals surface area (Å²) in [6.07, 6.45) is 7.05. The van der Waals surface area contributed by atoms with Gasteiger partial charge in [0.05, 0.1) is 25.6 Å². The Bertz CT molecular complexity index is 1010. The third-order valence-corrected chi connectivity index (χ3v) is 4.78. The van der Waals surface area contributed by atoms with Crippen LogP contribution in [-0.2, 0) is 11.2 Å². The number of nitrogens with one attached hydrogen (secondary N) is 1. The van der Waals surface area contributed by atoms with Crippen molar-refractivity contribution in [1.82, 2.24) is 15.1 Å². The SMILES string of the molecule is COc1ccc(/C=C/C(=O)NCCCc2cn(-c3ccccc3)nc2C)cc1OC. The summed E-state index contributed by atoms with van der Waals surface area (Å²) in [4.78, 5) is 12.1. The lowest BCUT2D eigenvalue weighted by molar-refractivity contribution is -0.116. The normalized spacial score (nSPS) is 10.9. The summed E-state index contributed by atoms with van der Waals surface area (Å²) in [5.41, 5.74) is 4.11. The molecule has 0 aliphatic heterocycles. The van der Waals surface area contributed by atoms with Crippen molar-refractivity contribution in [2.75, 3.05) is 20.8 Å². The maximum absolute atomic E-state index is 12.1. The Hall–Kier alpha value is -3.54. The van der Waals surface area contributed by atoms with Crippen LogP contribution in [0.15, 0.2) is 60.8 Å². The van der Waals surface area contributed by atoms with Crippen LogP contribution in [-0.4, -0.2) is 36.5 Å². The highest BCUT2D eigenvalue weighted by molar-refractivity contribution is 5.91. The Morgan fingerprint density at radius 2 is 1.87 bits per heavy atom. The van der Waals surface area contributed by atoms with Gasteiger partial charge in [-0.1, -0.05) is 24.3 Å². The first-order valence-electron chi connectivity index (χ1n) is 9.89. The predicted molar refractivity (Wildman–Crippen MR) is 118 cm³/mol. The van der Waals surface area contributed by atoms with E-state index in [1.165, 1.54) is 11.6 Å². The number of para-hydroxylation sites is 1. The smallest absolute Gasteiger partial charge is 0.243 e. The molecule has 0 saturated heterocycles. The lowest BCUT2D eigenvalue weighted by atomic mass is 10.1. The van der Waals surface area contributed by atoms with Crippen LogP contribution in [0.25, 0.3) is 11.8 Å². The van der Waals surface area contributed by atoms with Crippen molar-refractivity contribution >= 4 is 12.0 Å². The first-order chi connectivity index (χ1) is 14.6. The zero-order valence-corrected chi connectivity index (χ0v) is 17.6. The van der Waals surface area contributed by atoms with Gasteiger partial charge in [0.25, 0.3) is 0 Å². The summed E-state index contributed by atoms with van der Waals surface area (Å²) in [6.45, 7) is 2.62. The van der Waals surface area contributed by atoms with Gasteiger partial charge in [0.1, 0.15) is 0 Å². The highest BCUT2D eigenvalue weighted by Gasteiger charge is 2.07. The summed E-state index contributed by atoms with van der Waals surface area (Å²) in [5, 5.41) is 7.51. The minimum Gasteiger partial charge on any atom is -0.493 e. The average Bonchev–Trinajstić information content (AvgIpc) is 3.16. The molecular formula is C24H27N3O3. The van der Waals surface area contributed by atoms with E-state index in [9.17, 15) is 4.79 Å². The molecule has 0 unspecified atom stereocenters. The van der Waals surface area contributed by atoms with Crippen LogP contribution in [0.3, 0.4) is 0 Å². The van der Waals surface area contributed by atoms with Crippen LogP contribution in [0.4, 0.5) is 0 Å². The first kappa shape index (κ1) is 21.2. The topological polar surface area (TPSA) is 65.4 Å². The lowest BCUT2D eigenvalue weighted by Gasteiger charge is -2.07. The number of aromatic nitrogens is 2.